The van der Waals surface area contributed by atoms with Crippen LogP contribution < -0.4 is 5.32 Å². The fraction of sp³-hybridized carbons (Fsp3) is 0.917. The van der Waals surface area contributed by atoms with Crippen molar-refractivity contribution in [2.45, 2.75) is 52.9 Å². The highest BCUT2D eigenvalue weighted by Crippen LogP contribution is 2.27. The Morgan fingerprint density at radius 1 is 0.968 bits per heavy atom. The first-order valence-corrected chi connectivity index (χ1v) is 12.9. The highest BCUT2D eigenvalue weighted by molar-refractivity contribution is 5.80. The van der Waals surface area contributed by atoms with Gasteiger partial charge in [-0.05, 0) is 45.2 Å². The Morgan fingerprint density at radius 2 is 1.68 bits per heavy atom. The summed E-state index contributed by atoms with van der Waals surface area (Å²) >= 11 is 0. The van der Waals surface area contributed by atoms with Crippen LogP contribution in [0.15, 0.2) is 4.99 Å². The monoisotopic (exact) mass is 434 g/mol. The van der Waals surface area contributed by atoms with Crippen LogP contribution in [0.25, 0.3) is 0 Å². The van der Waals surface area contributed by atoms with Gasteiger partial charge >= 0.3 is 0 Å². The predicted molar refractivity (Wildman–Crippen MR) is 128 cm³/mol. The first-order chi connectivity index (χ1) is 15.1. The lowest BCUT2D eigenvalue weighted by Crippen LogP contribution is -2.50. The van der Waals surface area contributed by atoms with Gasteiger partial charge in [0.1, 0.15) is 0 Å². The maximum absolute atomic E-state index is 12.6. The van der Waals surface area contributed by atoms with Crippen molar-refractivity contribution in [3.05, 3.63) is 0 Å². The Bertz CT molecular complexity index is 564. The molecule has 31 heavy (non-hydrogen) atoms. The Kier molecular flexibility index (Phi) is 9.91. The lowest BCUT2D eigenvalue weighted by molar-refractivity contribution is -0.137. The van der Waals surface area contributed by atoms with Gasteiger partial charge in [0.15, 0.2) is 5.96 Å². The average molecular weight is 435 g/mol. The summed E-state index contributed by atoms with van der Waals surface area (Å²) in [7, 11) is 0. The molecule has 1 atom stereocenters. The fourth-order valence-electron chi connectivity index (χ4n) is 5.37. The largest absolute Gasteiger partial charge is 0.357 e. The van der Waals surface area contributed by atoms with Gasteiger partial charge in [-0.15, -0.1) is 0 Å². The molecular formula is C24H46N6O. The zero-order valence-electron chi connectivity index (χ0n) is 20.3. The molecule has 3 rings (SSSR count). The summed E-state index contributed by atoms with van der Waals surface area (Å²) in [6, 6.07) is 0. The van der Waals surface area contributed by atoms with E-state index in [1.807, 2.05) is 0 Å². The number of nitrogens with zero attached hydrogens (tertiary/aromatic N) is 5. The number of guanidine groups is 1. The number of rotatable bonds is 9. The Labute approximate surface area is 190 Å². The lowest BCUT2D eigenvalue weighted by Gasteiger charge is -2.35. The molecule has 7 nitrogen and oxygen atoms in total. The van der Waals surface area contributed by atoms with Gasteiger partial charge < -0.3 is 20.0 Å². The molecule has 0 spiro atoms. The lowest BCUT2D eigenvalue weighted by atomic mass is 10.1. The Balaban J connectivity index is 1.40. The van der Waals surface area contributed by atoms with Gasteiger partial charge in [0.25, 0.3) is 0 Å². The van der Waals surface area contributed by atoms with E-state index < -0.39 is 0 Å². The second kappa shape index (κ2) is 12.6. The Hall–Kier alpha value is -1.34. The van der Waals surface area contributed by atoms with Crippen LogP contribution in [0.1, 0.15) is 52.9 Å². The number of aliphatic imine (C=N–C) groups is 1. The number of likely N-dealkylation sites (tertiary alicyclic amines) is 1. The highest BCUT2D eigenvalue weighted by Gasteiger charge is 2.29. The number of amides is 1. The van der Waals surface area contributed by atoms with Crippen molar-refractivity contribution < 1.29 is 4.79 Å². The summed E-state index contributed by atoms with van der Waals surface area (Å²) in [4.78, 5) is 27.2. The molecule has 1 amide bonds. The zero-order valence-corrected chi connectivity index (χ0v) is 20.3. The van der Waals surface area contributed by atoms with Crippen LogP contribution in [0, 0.1) is 11.8 Å². The van der Waals surface area contributed by atoms with Gasteiger partial charge in [0.2, 0.25) is 5.91 Å². The molecule has 0 aromatic rings. The predicted octanol–water partition coefficient (Wildman–Crippen LogP) is 1.95. The highest BCUT2D eigenvalue weighted by atomic mass is 16.2. The molecular weight excluding hydrogens is 388 g/mol. The topological polar surface area (TPSA) is 54.4 Å². The van der Waals surface area contributed by atoms with Crippen molar-refractivity contribution in [1.29, 1.82) is 0 Å². The first-order valence-electron chi connectivity index (χ1n) is 12.9. The van der Waals surface area contributed by atoms with Gasteiger partial charge in [-0.2, -0.15) is 0 Å². The summed E-state index contributed by atoms with van der Waals surface area (Å²) in [5.74, 6) is 2.55. The fourth-order valence-corrected chi connectivity index (χ4v) is 5.37. The average Bonchev–Trinajstić information content (AvgIpc) is 3.49. The van der Waals surface area contributed by atoms with Gasteiger partial charge in [-0.1, -0.05) is 26.7 Å². The zero-order chi connectivity index (χ0) is 22.1. The molecule has 2 aliphatic heterocycles. The van der Waals surface area contributed by atoms with E-state index in [4.69, 9.17) is 4.99 Å². The van der Waals surface area contributed by atoms with Gasteiger partial charge in [-0.25, -0.2) is 0 Å². The van der Waals surface area contributed by atoms with Crippen molar-refractivity contribution in [3.63, 3.8) is 0 Å². The van der Waals surface area contributed by atoms with Gasteiger partial charge in [0, 0.05) is 64.8 Å². The van der Waals surface area contributed by atoms with Crippen LogP contribution in [0.4, 0.5) is 0 Å². The number of hydrogen-bond acceptors (Lipinski definition) is 4. The molecule has 1 unspecified atom stereocenters. The second-order valence-corrected chi connectivity index (χ2v) is 9.47. The van der Waals surface area contributed by atoms with Crippen LogP contribution in [0.5, 0.6) is 0 Å². The minimum Gasteiger partial charge on any atom is -0.357 e. The van der Waals surface area contributed by atoms with Gasteiger partial charge in [0.05, 0.1) is 6.54 Å². The molecule has 0 bridgehead atoms. The minimum absolute atomic E-state index is 0.310. The number of nitrogens with one attached hydrogen (secondary N) is 1. The van der Waals surface area contributed by atoms with E-state index in [2.05, 4.69) is 45.7 Å². The smallest absolute Gasteiger partial charge is 0.225 e. The van der Waals surface area contributed by atoms with Crippen LogP contribution >= 0.6 is 0 Å². The SMILES string of the molecule is CCNC(=NCCN1CCN(C(=O)C2CCCC2)CC1)N1CCC(CN(CC)CC)C1. The summed E-state index contributed by atoms with van der Waals surface area (Å²) in [6.07, 6.45) is 5.93. The second-order valence-electron chi connectivity index (χ2n) is 9.47. The minimum atomic E-state index is 0.310. The van der Waals surface area contributed by atoms with Crippen molar-refractivity contribution in [1.82, 2.24) is 24.9 Å². The van der Waals surface area contributed by atoms with Gasteiger partial charge in [-0.3, -0.25) is 14.7 Å². The van der Waals surface area contributed by atoms with Crippen molar-refractivity contribution in [3.8, 4) is 0 Å². The molecule has 2 saturated heterocycles. The molecule has 1 aliphatic carbocycles. The van der Waals surface area contributed by atoms with Crippen LogP contribution in [-0.2, 0) is 4.79 Å². The first kappa shape index (κ1) is 24.3. The van der Waals surface area contributed by atoms with Crippen LogP contribution in [-0.4, -0.2) is 110 Å². The van der Waals surface area contributed by atoms with Crippen LogP contribution in [0.2, 0.25) is 0 Å². The van der Waals surface area contributed by atoms with Crippen molar-refractivity contribution >= 4 is 11.9 Å². The molecule has 2 heterocycles. The maximum Gasteiger partial charge on any atom is 0.225 e. The van der Waals surface area contributed by atoms with E-state index in [0.29, 0.717) is 11.8 Å². The molecule has 3 fully saturated rings. The molecule has 1 saturated carbocycles. The van der Waals surface area contributed by atoms with E-state index in [9.17, 15) is 4.79 Å². The third-order valence-corrected chi connectivity index (χ3v) is 7.40. The van der Waals surface area contributed by atoms with Crippen molar-refractivity contribution in [2.24, 2.45) is 16.8 Å². The summed E-state index contributed by atoms with van der Waals surface area (Å²) in [5.41, 5.74) is 0. The number of carbonyl (C=O) groups is 1. The third-order valence-electron chi connectivity index (χ3n) is 7.40. The van der Waals surface area contributed by atoms with Crippen LogP contribution in [0.3, 0.4) is 0 Å². The summed E-state index contributed by atoms with van der Waals surface area (Å²) in [5, 5.41) is 3.51. The van der Waals surface area contributed by atoms with E-state index in [1.54, 1.807) is 0 Å². The molecule has 0 radical (unpaired) electrons. The quantitative estimate of drug-likeness (QED) is 0.444. The van der Waals surface area contributed by atoms with E-state index in [1.165, 1.54) is 25.8 Å². The summed E-state index contributed by atoms with van der Waals surface area (Å²) in [6.45, 7) is 18.8. The standard InChI is InChI=1S/C24H46N6O/c1-4-25-24(30-13-11-21(20-30)19-27(5-2)6-3)26-12-14-28-15-17-29(18-16-28)23(31)22-9-7-8-10-22/h21-22H,4-20H2,1-3H3,(H,25,26). The third kappa shape index (κ3) is 7.07. The van der Waals surface area contributed by atoms with E-state index in [0.717, 1.165) is 96.7 Å². The Morgan fingerprint density at radius 3 is 2.32 bits per heavy atom. The van der Waals surface area contributed by atoms with Crippen molar-refractivity contribution in [2.75, 3.05) is 78.5 Å². The molecule has 178 valence electrons. The molecule has 7 heteroatoms. The molecule has 0 aromatic carbocycles. The van der Waals surface area contributed by atoms with E-state index >= 15 is 0 Å². The maximum atomic E-state index is 12.6. The molecule has 1 N–H and O–H groups in total. The normalized spacial score (nSPS) is 23.9. The number of hydrogen-bond donors (Lipinski definition) is 1. The summed E-state index contributed by atoms with van der Waals surface area (Å²) < 4.78 is 0. The molecule has 3 aliphatic rings. The van der Waals surface area contributed by atoms with E-state index in [-0.39, 0.29) is 0 Å². The number of piperazine rings is 1. The number of carbonyl (C=O) groups excluding carboxylic acids is 1. The molecule has 0 aromatic heterocycles.